The van der Waals surface area contributed by atoms with Crippen LogP contribution in [0.2, 0.25) is 0 Å². The first kappa shape index (κ1) is 12.4. The summed E-state index contributed by atoms with van der Waals surface area (Å²) < 4.78 is 0. The Balaban J connectivity index is 1.86. The van der Waals surface area contributed by atoms with Gasteiger partial charge in [-0.2, -0.15) is 0 Å². The molecule has 0 spiro atoms. The zero-order chi connectivity index (χ0) is 11.4. The Morgan fingerprint density at radius 3 is 2.62 bits per heavy atom. The molecule has 2 fully saturated rings. The number of nitrogens with one attached hydrogen (secondary N) is 2. The summed E-state index contributed by atoms with van der Waals surface area (Å²) in [5.74, 6) is 0.772. The van der Waals surface area contributed by atoms with Crippen molar-refractivity contribution in [1.82, 2.24) is 10.6 Å². The summed E-state index contributed by atoms with van der Waals surface area (Å²) in [7, 11) is 0. The Hall–Kier alpha value is -0.0800. The minimum atomic E-state index is 0.447. The monoisotopic (exact) mass is 224 g/mol. The van der Waals surface area contributed by atoms with E-state index >= 15 is 0 Å². The molecular weight excluding hydrogens is 196 g/mol. The number of hydrogen-bond acceptors (Lipinski definition) is 2. The van der Waals surface area contributed by atoms with E-state index in [0.717, 1.165) is 12.0 Å². The van der Waals surface area contributed by atoms with Gasteiger partial charge in [-0.3, -0.25) is 0 Å². The van der Waals surface area contributed by atoms with Gasteiger partial charge in [0.2, 0.25) is 0 Å². The van der Waals surface area contributed by atoms with Crippen LogP contribution in [-0.2, 0) is 0 Å². The third-order valence-electron chi connectivity index (χ3n) is 4.73. The van der Waals surface area contributed by atoms with Crippen molar-refractivity contribution in [2.45, 2.75) is 70.4 Å². The standard InChI is InChI=1S/C14H28N2/c1-12(2)14(8-3-4-11-16-14)9-7-13-6-5-10-15-13/h12-13,15-16H,3-11H2,1-2H3. The molecule has 0 aromatic rings. The molecule has 0 aliphatic carbocycles. The lowest BCUT2D eigenvalue weighted by Crippen LogP contribution is -2.53. The molecule has 0 bridgehead atoms. The summed E-state index contributed by atoms with van der Waals surface area (Å²) in [6.07, 6.45) is 9.69. The molecule has 16 heavy (non-hydrogen) atoms. The topological polar surface area (TPSA) is 24.1 Å². The highest BCUT2D eigenvalue weighted by Gasteiger charge is 2.35. The zero-order valence-corrected chi connectivity index (χ0v) is 11.0. The Morgan fingerprint density at radius 2 is 2.06 bits per heavy atom. The molecule has 0 radical (unpaired) electrons. The quantitative estimate of drug-likeness (QED) is 0.767. The first-order valence-corrected chi connectivity index (χ1v) is 7.21. The molecule has 2 unspecified atom stereocenters. The van der Waals surface area contributed by atoms with Crippen LogP contribution in [0.5, 0.6) is 0 Å². The summed E-state index contributed by atoms with van der Waals surface area (Å²) >= 11 is 0. The second-order valence-electron chi connectivity index (χ2n) is 6.03. The summed E-state index contributed by atoms with van der Waals surface area (Å²) in [4.78, 5) is 0. The highest BCUT2D eigenvalue weighted by atomic mass is 15.0. The molecule has 0 aromatic heterocycles. The molecule has 2 heterocycles. The lowest BCUT2D eigenvalue weighted by Gasteiger charge is -2.43. The molecule has 94 valence electrons. The predicted molar refractivity (Wildman–Crippen MR) is 69.7 cm³/mol. The molecule has 2 aliphatic rings. The SMILES string of the molecule is CC(C)C1(CCC2CCCN2)CCCCN1. The molecule has 2 atom stereocenters. The minimum Gasteiger partial charge on any atom is -0.314 e. The van der Waals surface area contributed by atoms with Crippen molar-refractivity contribution in [1.29, 1.82) is 0 Å². The van der Waals surface area contributed by atoms with Crippen LogP contribution < -0.4 is 10.6 Å². The largest absolute Gasteiger partial charge is 0.314 e. The third kappa shape index (κ3) is 2.78. The van der Waals surface area contributed by atoms with Gasteiger partial charge >= 0.3 is 0 Å². The average Bonchev–Trinajstić information content (AvgIpc) is 2.80. The van der Waals surface area contributed by atoms with Gasteiger partial charge in [0.05, 0.1) is 0 Å². The van der Waals surface area contributed by atoms with E-state index < -0.39 is 0 Å². The van der Waals surface area contributed by atoms with E-state index in [1.807, 2.05) is 0 Å². The Labute approximate surface area is 101 Å². The summed E-state index contributed by atoms with van der Waals surface area (Å²) in [5.41, 5.74) is 0.447. The first-order valence-electron chi connectivity index (χ1n) is 7.21. The highest BCUT2D eigenvalue weighted by Crippen LogP contribution is 2.32. The molecule has 2 N–H and O–H groups in total. The average molecular weight is 224 g/mol. The molecule has 2 nitrogen and oxygen atoms in total. The van der Waals surface area contributed by atoms with Gasteiger partial charge in [-0.05, 0) is 57.5 Å². The van der Waals surface area contributed by atoms with Crippen LogP contribution in [0.1, 0.15) is 58.8 Å². The zero-order valence-electron chi connectivity index (χ0n) is 11.0. The van der Waals surface area contributed by atoms with E-state index in [4.69, 9.17) is 0 Å². The van der Waals surface area contributed by atoms with E-state index in [1.54, 1.807) is 0 Å². The molecule has 2 heteroatoms. The van der Waals surface area contributed by atoms with Gasteiger partial charge in [0.25, 0.3) is 0 Å². The van der Waals surface area contributed by atoms with Crippen molar-refractivity contribution < 1.29 is 0 Å². The summed E-state index contributed by atoms with van der Waals surface area (Å²) in [5, 5.41) is 7.45. The van der Waals surface area contributed by atoms with Crippen LogP contribution in [0.25, 0.3) is 0 Å². The first-order chi connectivity index (χ1) is 7.73. The second kappa shape index (κ2) is 5.50. The van der Waals surface area contributed by atoms with Crippen molar-refractivity contribution in [2.75, 3.05) is 13.1 Å². The van der Waals surface area contributed by atoms with E-state index in [9.17, 15) is 0 Å². The smallest absolute Gasteiger partial charge is 0.0205 e. The van der Waals surface area contributed by atoms with Crippen molar-refractivity contribution >= 4 is 0 Å². The molecule has 2 rings (SSSR count). The van der Waals surface area contributed by atoms with Gasteiger partial charge in [0, 0.05) is 11.6 Å². The van der Waals surface area contributed by atoms with Crippen molar-refractivity contribution in [3.8, 4) is 0 Å². The predicted octanol–water partition coefficient (Wildman–Crippen LogP) is 2.69. The maximum atomic E-state index is 3.83. The van der Waals surface area contributed by atoms with E-state index in [2.05, 4.69) is 24.5 Å². The second-order valence-corrected chi connectivity index (χ2v) is 6.03. The van der Waals surface area contributed by atoms with Crippen LogP contribution in [0.3, 0.4) is 0 Å². The fourth-order valence-electron chi connectivity index (χ4n) is 3.42. The van der Waals surface area contributed by atoms with E-state index in [-0.39, 0.29) is 0 Å². The van der Waals surface area contributed by atoms with Gasteiger partial charge in [-0.1, -0.05) is 20.3 Å². The minimum absolute atomic E-state index is 0.447. The number of rotatable bonds is 4. The Kier molecular flexibility index (Phi) is 4.26. The van der Waals surface area contributed by atoms with E-state index in [1.165, 1.54) is 58.0 Å². The molecule has 2 saturated heterocycles. The number of piperidine rings is 1. The van der Waals surface area contributed by atoms with Crippen molar-refractivity contribution in [2.24, 2.45) is 5.92 Å². The van der Waals surface area contributed by atoms with Gasteiger partial charge in [0.15, 0.2) is 0 Å². The number of hydrogen-bond donors (Lipinski definition) is 2. The molecule has 0 saturated carbocycles. The Morgan fingerprint density at radius 1 is 1.19 bits per heavy atom. The van der Waals surface area contributed by atoms with Crippen LogP contribution in [0.4, 0.5) is 0 Å². The molecule has 2 aliphatic heterocycles. The van der Waals surface area contributed by atoms with Gasteiger partial charge < -0.3 is 10.6 Å². The Bertz CT molecular complexity index is 201. The molecule has 0 amide bonds. The van der Waals surface area contributed by atoms with Crippen LogP contribution in [0, 0.1) is 5.92 Å². The normalized spacial score (nSPS) is 35.8. The van der Waals surface area contributed by atoms with Crippen LogP contribution >= 0.6 is 0 Å². The summed E-state index contributed by atoms with van der Waals surface area (Å²) in [6.45, 7) is 7.25. The van der Waals surface area contributed by atoms with Gasteiger partial charge in [-0.15, -0.1) is 0 Å². The van der Waals surface area contributed by atoms with E-state index in [0.29, 0.717) is 5.54 Å². The fraction of sp³-hybridized carbons (Fsp3) is 1.00. The molecule has 0 aromatic carbocycles. The lowest BCUT2D eigenvalue weighted by molar-refractivity contribution is 0.162. The lowest BCUT2D eigenvalue weighted by atomic mass is 9.75. The van der Waals surface area contributed by atoms with Crippen molar-refractivity contribution in [3.63, 3.8) is 0 Å². The molecular formula is C14H28N2. The van der Waals surface area contributed by atoms with Crippen LogP contribution in [0.15, 0.2) is 0 Å². The van der Waals surface area contributed by atoms with Crippen LogP contribution in [-0.4, -0.2) is 24.7 Å². The fourth-order valence-corrected chi connectivity index (χ4v) is 3.42. The van der Waals surface area contributed by atoms with Crippen molar-refractivity contribution in [3.05, 3.63) is 0 Å². The maximum Gasteiger partial charge on any atom is 0.0205 e. The van der Waals surface area contributed by atoms with Gasteiger partial charge in [-0.25, -0.2) is 0 Å². The third-order valence-corrected chi connectivity index (χ3v) is 4.73. The highest BCUT2D eigenvalue weighted by molar-refractivity contribution is 4.94. The summed E-state index contributed by atoms with van der Waals surface area (Å²) in [6, 6.07) is 0.805. The van der Waals surface area contributed by atoms with Gasteiger partial charge in [0.1, 0.15) is 0 Å². The maximum absolute atomic E-state index is 3.83.